The number of amides is 4. The van der Waals surface area contributed by atoms with Crippen LogP contribution in [0.3, 0.4) is 0 Å². The zero-order valence-electron chi connectivity index (χ0n) is 18.5. The third kappa shape index (κ3) is 5.08. The summed E-state index contributed by atoms with van der Waals surface area (Å²) in [5, 5.41) is 5.75. The summed E-state index contributed by atoms with van der Waals surface area (Å²) in [6.07, 6.45) is 1.13. The van der Waals surface area contributed by atoms with E-state index < -0.39 is 23.0 Å². The number of urea groups is 1. The Bertz CT molecular complexity index is 780. The van der Waals surface area contributed by atoms with Gasteiger partial charge in [0.2, 0.25) is 5.91 Å². The van der Waals surface area contributed by atoms with E-state index >= 15 is 0 Å². The third-order valence-electron chi connectivity index (χ3n) is 5.04. The molecular formula is C22H33N3O4. The number of hydrogen-bond donors (Lipinski definition) is 2. The van der Waals surface area contributed by atoms with Gasteiger partial charge in [-0.05, 0) is 49.8 Å². The standard InChI is InChI=1S/C22H33N3O4/c1-8-22(15-9-11-16(29-7)12-10-15)18(27)25(19(28)24-22)13-17(26)23-21(5,6)14-20(2,3)4/h9-12H,8,13-14H2,1-7H3,(H,23,26)(H,24,28)/t22-/m0/s1. The summed E-state index contributed by atoms with van der Waals surface area (Å²) >= 11 is 0. The van der Waals surface area contributed by atoms with Gasteiger partial charge in [0.1, 0.15) is 17.8 Å². The fourth-order valence-corrected chi connectivity index (χ4v) is 4.22. The van der Waals surface area contributed by atoms with Crippen molar-refractivity contribution in [2.75, 3.05) is 13.7 Å². The molecule has 1 aromatic carbocycles. The predicted octanol–water partition coefficient (Wildman–Crippen LogP) is 3.18. The lowest BCUT2D eigenvalue weighted by Crippen LogP contribution is -2.50. The van der Waals surface area contributed by atoms with E-state index in [0.29, 0.717) is 17.7 Å². The Morgan fingerprint density at radius 2 is 1.72 bits per heavy atom. The number of hydrogen-bond acceptors (Lipinski definition) is 4. The summed E-state index contributed by atoms with van der Waals surface area (Å²) in [6.45, 7) is 11.7. The summed E-state index contributed by atoms with van der Waals surface area (Å²) in [7, 11) is 1.56. The average Bonchev–Trinajstić information content (AvgIpc) is 2.84. The number of carbonyl (C=O) groups excluding carboxylic acids is 3. The average molecular weight is 404 g/mol. The van der Waals surface area contributed by atoms with Crippen LogP contribution in [-0.2, 0) is 15.1 Å². The molecule has 0 unspecified atom stereocenters. The van der Waals surface area contributed by atoms with Gasteiger partial charge in [0.05, 0.1) is 7.11 Å². The van der Waals surface area contributed by atoms with Gasteiger partial charge in [0, 0.05) is 5.54 Å². The summed E-state index contributed by atoms with van der Waals surface area (Å²) in [5.41, 5.74) is -0.935. The van der Waals surface area contributed by atoms with Gasteiger partial charge in [-0.3, -0.25) is 14.5 Å². The molecule has 0 saturated carbocycles. The topological polar surface area (TPSA) is 87.7 Å². The van der Waals surface area contributed by atoms with E-state index in [2.05, 4.69) is 31.4 Å². The fourth-order valence-electron chi connectivity index (χ4n) is 4.22. The molecule has 1 heterocycles. The molecular weight excluding hydrogens is 370 g/mol. The van der Waals surface area contributed by atoms with Gasteiger partial charge < -0.3 is 15.4 Å². The second-order valence-corrected chi connectivity index (χ2v) is 9.48. The quantitative estimate of drug-likeness (QED) is 0.685. The minimum atomic E-state index is -1.18. The second kappa shape index (κ2) is 8.05. The van der Waals surface area contributed by atoms with Crippen LogP contribution in [0.4, 0.5) is 4.79 Å². The minimum Gasteiger partial charge on any atom is -0.497 e. The first-order chi connectivity index (χ1) is 13.3. The maximum atomic E-state index is 13.2. The van der Waals surface area contributed by atoms with Crippen LogP contribution >= 0.6 is 0 Å². The number of carbonyl (C=O) groups is 3. The zero-order valence-corrected chi connectivity index (χ0v) is 18.5. The van der Waals surface area contributed by atoms with Gasteiger partial charge in [-0.1, -0.05) is 39.8 Å². The van der Waals surface area contributed by atoms with Crippen molar-refractivity contribution >= 4 is 17.8 Å². The van der Waals surface area contributed by atoms with Gasteiger partial charge >= 0.3 is 6.03 Å². The van der Waals surface area contributed by atoms with Gasteiger partial charge in [0.25, 0.3) is 5.91 Å². The van der Waals surface area contributed by atoms with Crippen molar-refractivity contribution in [3.63, 3.8) is 0 Å². The van der Waals surface area contributed by atoms with Crippen LogP contribution < -0.4 is 15.4 Å². The highest BCUT2D eigenvalue weighted by Gasteiger charge is 2.51. The largest absolute Gasteiger partial charge is 0.497 e. The van der Waals surface area contributed by atoms with Crippen LogP contribution in [0.15, 0.2) is 24.3 Å². The predicted molar refractivity (Wildman–Crippen MR) is 112 cm³/mol. The van der Waals surface area contributed by atoms with Gasteiger partial charge in [-0.15, -0.1) is 0 Å². The molecule has 2 rings (SSSR count). The smallest absolute Gasteiger partial charge is 0.325 e. The molecule has 1 aliphatic heterocycles. The molecule has 1 aliphatic rings. The van der Waals surface area contributed by atoms with Crippen molar-refractivity contribution in [1.29, 1.82) is 0 Å². The molecule has 7 nitrogen and oxygen atoms in total. The highest BCUT2D eigenvalue weighted by molar-refractivity contribution is 6.09. The number of benzene rings is 1. The van der Waals surface area contributed by atoms with E-state index in [0.717, 1.165) is 11.3 Å². The highest BCUT2D eigenvalue weighted by atomic mass is 16.5. The Morgan fingerprint density at radius 3 is 2.21 bits per heavy atom. The van der Waals surface area contributed by atoms with Gasteiger partial charge in [-0.25, -0.2) is 4.79 Å². The second-order valence-electron chi connectivity index (χ2n) is 9.48. The van der Waals surface area contributed by atoms with Crippen LogP contribution in [0.2, 0.25) is 0 Å². The maximum absolute atomic E-state index is 13.2. The molecule has 2 N–H and O–H groups in total. The molecule has 1 atom stereocenters. The van der Waals surface area contributed by atoms with E-state index in [9.17, 15) is 14.4 Å². The van der Waals surface area contributed by atoms with Crippen molar-refractivity contribution in [2.45, 2.75) is 65.5 Å². The highest BCUT2D eigenvalue weighted by Crippen LogP contribution is 2.33. The molecule has 0 spiro atoms. The molecule has 0 radical (unpaired) electrons. The number of ether oxygens (including phenoxy) is 1. The van der Waals surface area contributed by atoms with Crippen molar-refractivity contribution < 1.29 is 19.1 Å². The number of imide groups is 1. The van der Waals surface area contributed by atoms with Crippen LogP contribution in [0.1, 0.15) is 59.9 Å². The van der Waals surface area contributed by atoms with E-state index in [1.54, 1.807) is 31.4 Å². The SMILES string of the molecule is CC[C@@]1(c2ccc(OC)cc2)NC(=O)N(CC(=O)NC(C)(C)CC(C)(C)C)C1=O. The Balaban J connectivity index is 2.17. The molecule has 7 heteroatoms. The van der Waals surface area contributed by atoms with E-state index in [1.165, 1.54) is 0 Å². The lowest BCUT2D eigenvalue weighted by Gasteiger charge is -2.33. The van der Waals surface area contributed by atoms with Crippen LogP contribution in [-0.4, -0.2) is 41.9 Å². The van der Waals surface area contributed by atoms with Crippen LogP contribution in [0.25, 0.3) is 0 Å². The molecule has 0 aliphatic carbocycles. The number of methoxy groups -OCH3 is 1. The Morgan fingerprint density at radius 1 is 1.14 bits per heavy atom. The first kappa shape index (κ1) is 22.7. The third-order valence-corrected chi connectivity index (χ3v) is 5.04. The van der Waals surface area contributed by atoms with Crippen LogP contribution in [0.5, 0.6) is 5.75 Å². The molecule has 0 bridgehead atoms. The molecule has 29 heavy (non-hydrogen) atoms. The Hall–Kier alpha value is -2.57. The molecule has 160 valence electrons. The van der Waals surface area contributed by atoms with Crippen molar-refractivity contribution in [3.05, 3.63) is 29.8 Å². The van der Waals surface area contributed by atoms with Crippen molar-refractivity contribution in [2.24, 2.45) is 5.41 Å². The summed E-state index contributed by atoms with van der Waals surface area (Å²) in [5.74, 6) is -0.114. The molecule has 4 amide bonds. The van der Waals surface area contributed by atoms with Crippen molar-refractivity contribution in [3.8, 4) is 5.75 Å². The summed E-state index contributed by atoms with van der Waals surface area (Å²) in [4.78, 5) is 39.4. The number of nitrogens with zero attached hydrogens (tertiary/aromatic N) is 1. The molecule has 1 saturated heterocycles. The van der Waals surface area contributed by atoms with E-state index in [4.69, 9.17) is 4.74 Å². The van der Waals surface area contributed by atoms with E-state index in [-0.39, 0.29) is 17.9 Å². The van der Waals surface area contributed by atoms with Crippen molar-refractivity contribution in [1.82, 2.24) is 15.5 Å². The lowest BCUT2D eigenvalue weighted by molar-refractivity contribution is -0.136. The first-order valence-corrected chi connectivity index (χ1v) is 9.93. The van der Waals surface area contributed by atoms with Gasteiger partial charge in [0.15, 0.2) is 0 Å². The zero-order chi connectivity index (χ0) is 22.0. The van der Waals surface area contributed by atoms with Gasteiger partial charge in [-0.2, -0.15) is 0 Å². The summed E-state index contributed by atoms with van der Waals surface area (Å²) in [6, 6.07) is 6.46. The Kier molecular flexibility index (Phi) is 6.30. The molecule has 1 aromatic rings. The number of rotatable bonds is 7. The monoisotopic (exact) mass is 403 g/mol. The number of nitrogens with one attached hydrogen (secondary N) is 2. The fraction of sp³-hybridized carbons (Fsp3) is 0.591. The van der Waals surface area contributed by atoms with Crippen LogP contribution in [0, 0.1) is 5.41 Å². The lowest BCUT2D eigenvalue weighted by atomic mass is 9.82. The normalized spacial score (nSPS) is 19.9. The first-order valence-electron chi connectivity index (χ1n) is 9.93. The molecule has 0 aromatic heterocycles. The maximum Gasteiger partial charge on any atom is 0.325 e. The van der Waals surface area contributed by atoms with E-state index in [1.807, 2.05) is 20.8 Å². The Labute approximate surface area is 173 Å². The minimum absolute atomic E-state index is 0.0311. The molecule has 1 fully saturated rings. The summed E-state index contributed by atoms with van der Waals surface area (Å²) < 4.78 is 5.17.